The van der Waals surface area contributed by atoms with Gasteiger partial charge in [0.1, 0.15) is 0 Å². The molecular weight excluding hydrogens is 304 g/mol. The minimum Gasteiger partial charge on any atom is -0.490 e. The van der Waals surface area contributed by atoms with Gasteiger partial charge in [-0.1, -0.05) is 13.8 Å². The number of amides is 1. The molecule has 1 aliphatic rings. The van der Waals surface area contributed by atoms with Gasteiger partial charge in [0.2, 0.25) is 0 Å². The van der Waals surface area contributed by atoms with Gasteiger partial charge < -0.3 is 20.5 Å². The number of hydrogen-bond acceptors (Lipinski definition) is 4. The van der Waals surface area contributed by atoms with E-state index in [1.165, 1.54) is 0 Å². The van der Waals surface area contributed by atoms with Crippen molar-refractivity contribution in [1.29, 1.82) is 0 Å². The molecule has 22 heavy (non-hydrogen) atoms. The number of halogens is 1. The maximum absolute atomic E-state index is 12.2. The molecule has 0 unspecified atom stereocenters. The molecule has 0 aromatic heterocycles. The van der Waals surface area contributed by atoms with Gasteiger partial charge >= 0.3 is 0 Å². The normalized spacial score (nSPS) is 13.8. The quantitative estimate of drug-likeness (QED) is 0.871. The van der Waals surface area contributed by atoms with Crippen molar-refractivity contribution in [3.8, 4) is 11.5 Å². The summed E-state index contributed by atoms with van der Waals surface area (Å²) >= 11 is 0. The topological polar surface area (TPSA) is 73.6 Å². The second-order valence-electron chi connectivity index (χ2n) is 5.46. The summed E-state index contributed by atoms with van der Waals surface area (Å²) in [6.07, 6.45) is 2.49. The van der Waals surface area contributed by atoms with E-state index in [-0.39, 0.29) is 23.9 Å². The number of nitrogens with two attached hydrogens (primary N) is 1. The standard InChI is InChI=1S/C16H24N2O3.ClH/c1-3-16(17,4-2)11-18-15(19)12-6-7-13-14(10-12)21-9-5-8-20-13;/h6-7,10H,3-5,8-9,11,17H2,1-2H3,(H,18,19);1H. The van der Waals surface area contributed by atoms with Gasteiger partial charge in [-0.3, -0.25) is 4.79 Å². The van der Waals surface area contributed by atoms with Crippen molar-refractivity contribution >= 4 is 18.3 Å². The lowest BCUT2D eigenvalue weighted by Gasteiger charge is -2.26. The van der Waals surface area contributed by atoms with Crippen molar-refractivity contribution < 1.29 is 14.3 Å². The molecule has 1 aromatic rings. The first-order valence-corrected chi connectivity index (χ1v) is 7.54. The summed E-state index contributed by atoms with van der Waals surface area (Å²) in [4.78, 5) is 12.2. The van der Waals surface area contributed by atoms with Crippen LogP contribution >= 0.6 is 12.4 Å². The summed E-state index contributed by atoms with van der Waals surface area (Å²) in [5.41, 5.74) is 6.41. The molecule has 0 fully saturated rings. The Balaban J connectivity index is 0.00000242. The number of carbonyl (C=O) groups excluding carboxylic acids is 1. The van der Waals surface area contributed by atoms with E-state index in [4.69, 9.17) is 15.2 Å². The molecule has 0 bridgehead atoms. The van der Waals surface area contributed by atoms with Crippen LogP contribution in [-0.2, 0) is 0 Å². The van der Waals surface area contributed by atoms with Crippen LogP contribution in [0.3, 0.4) is 0 Å². The summed E-state index contributed by atoms with van der Waals surface area (Å²) < 4.78 is 11.2. The first-order valence-electron chi connectivity index (χ1n) is 7.54. The Morgan fingerprint density at radius 1 is 1.23 bits per heavy atom. The van der Waals surface area contributed by atoms with E-state index in [1.54, 1.807) is 18.2 Å². The zero-order valence-electron chi connectivity index (χ0n) is 13.2. The highest BCUT2D eigenvalue weighted by atomic mass is 35.5. The predicted molar refractivity (Wildman–Crippen MR) is 89.1 cm³/mol. The molecule has 0 aliphatic carbocycles. The molecular formula is C16H25ClN2O3. The average Bonchev–Trinajstić information content (AvgIpc) is 2.76. The molecule has 3 N–H and O–H groups in total. The van der Waals surface area contributed by atoms with E-state index in [2.05, 4.69) is 5.32 Å². The summed E-state index contributed by atoms with van der Waals surface area (Å²) in [5, 5.41) is 2.90. The number of hydrogen-bond donors (Lipinski definition) is 2. The van der Waals surface area contributed by atoms with Gasteiger partial charge in [-0.25, -0.2) is 0 Å². The fourth-order valence-electron chi connectivity index (χ4n) is 2.16. The number of rotatable bonds is 5. The van der Waals surface area contributed by atoms with Crippen LogP contribution in [0.15, 0.2) is 18.2 Å². The fraction of sp³-hybridized carbons (Fsp3) is 0.562. The average molecular weight is 329 g/mol. The van der Waals surface area contributed by atoms with E-state index < -0.39 is 0 Å². The molecule has 2 rings (SSSR count). The van der Waals surface area contributed by atoms with Crippen LogP contribution < -0.4 is 20.5 Å². The number of nitrogens with one attached hydrogen (secondary N) is 1. The van der Waals surface area contributed by atoms with Crippen LogP contribution in [0.5, 0.6) is 11.5 Å². The number of benzene rings is 1. The van der Waals surface area contributed by atoms with Crippen molar-refractivity contribution in [2.24, 2.45) is 5.73 Å². The molecule has 6 heteroatoms. The van der Waals surface area contributed by atoms with Crippen molar-refractivity contribution in [3.05, 3.63) is 23.8 Å². The van der Waals surface area contributed by atoms with E-state index in [1.807, 2.05) is 13.8 Å². The summed E-state index contributed by atoms with van der Waals surface area (Å²) in [6.45, 7) is 5.77. The molecule has 1 heterocycles. The lowest BCUT2D eigenvalue weighted by atomic mass is 9.94. The van der Waals surface area contributed by atoms with E-state index in [0.717, 1.165) is 19.3 Å². The van der Waals surface area contributed by atoms with Crippen LogP contribution in [0.4, 0.5) is 0 Å². The Bertz CT molecular complexity index is 504. The largest absolute Gasteiger partial charge is 0.490 e. The van der Waals surface area contributed by atoms with E-state index in [0.29, 0.717) is 36.8 Å². The summed E-state index contributed by atoms with van der Waals surface area (Å²) in [6, 6.07) is 5.26. The molecule has 1 amide bonds. The van der Waals surface area contributed by atoms with Crippen LogP contribution in [0.25, 0.3) is 0 Å². The smallest absolute Gasteiger partial charge is 0.251 e. The van der Waals surface area contributed by atoms with Gasteiger partial charge in [-0.2, -0.15) is 0 Å². The molecule has 0 saturated heterocycles. The first-order chi connectivity index (χ1) is 10.1. The van der Waals surface area contributed by atoms with Gasteiger partial charge in [0, 0.05) is 24.1 Å². The van der Waals surface area contributed by atoms with Crippen molar-refractivity contribution in [1.82, 2.24) is 5.32 Å². The lowest BCUT2D eigenvalue weighted by Crippen LogP contribution is -2.49. The molecule has 5 nitrogen and oxygen atoms in total. The second kappa shape index (κ2) is 8.25. The van der Waals surface area contributed by atoms with E-state index in [9.17, 15) is 4.79 Å². The lowest BCUT2D eigenvalue weighted by molar-refractivity contribution is 0.0941. The molecule has 0 radical (unpaired) electrons. The maximum atomic E-state index is 12.2. The second-order valence-corrected chi connectivity index (χ2v) is 5.46. The Hall–Kier alpha value is -1.46. The fourth-order valence-corrected chi connectivity index (χ4v) is 2.16. The molecule has 0 saturated carbocycles. The Kier molecular flexibility index (Phi) is 6.97. The van der Waals surface area contributed by atoms with Crippen LogP contribution in [0, 0.1) is 0 Å². The van der Waals surface area contributed by atoms with Crippen LogP contribution in [0.1, 0.15) is 43.5 Å². The van der Waals surface area contributed by atoms with Gasteiger partial charge in [-0.05, 0) is 31.0 Å². The van der Waals surface area contributed by atoms with Gasteiger partial charge in [-0.15, -0.1) is 12.4 Å². The minimum atomic E-state index is -0.346. The van der Waals surface area contributed by atoms with Crippen molar-refractivity contribution in [2.75, 3.05) is 19.8 Å². The highest BCUT2D eigenvalue weighted by Gasteiger charge is 2.21. The Labute approximate surface area is 138 Å². The summed E-state index contributed by atoms with van der Waals surface area (Å²) in [5.74, 6) is 1.19. The van der Waals surface area contributed by atoms with Crippen molar-refractivity contribution in [3.63, 3.8) is 0 Å². The predicted octanol–water partition coefficient (Wildman–Crippen LogP) is 2.52. The van der Waals surface area contributed by atoms with Gasteiger partial charge in [0.15, 0.2) is 11.5 Å². The summed E-state index contributed by atoms with van der Waals surface area (Å²) in [7, 11) is 0. The molecule has 124 valence electrons. The van der Waals surface area contributed by atoms with Gasteiger partial charge in [0.05, 0.1) is 13.2 Å². The SMILES string of the molecule is CCC(N)(CC)CNC(=O)c1ccc2c(c1)OCCCO2.Cl. The number of ether oxygens (including phenoxy) is 2. The van der Waals surface area contributed by atoms with Crippen LogP contribution in [0.2, 0.25) is 0 Å². The molecule has 1 aliphatic heterocycles. The molecule has 1 aromatic carbocycles. The highest BCUT2D eigenvalue weighted by molar-refractivity contribution is 5.94. The van der Waals surface area contributed by atoms with Crippen LogP contribution in [-0.4, -0.2) is 31.2 Å². The zero-order valence-corrected chi connectivity index (χ0v) is 14.0. The highest BCUT2D eigenvalue weighted by Crippen LogP contribution is 2.30. The maximum Gasteiger partial charge on any atom is 0.251 e. The minimum absolute atomic E-state index is 0. The Morgan fingerprint density at radius 2 is 1.86 bits per heavy atom. The zero-order chi connectivity index (χ0) is 15.3. The monoisotopic (exact) mass is 328 g/mol. The first kappa shape index (κ1) is 18.6. The number of fused-ring (bicyclic) bond motifs is 1. The third-order valence-corrected chi connectivity index (χ3v) is 4.02. The molecule has 0 spiro atoms. The third-order valence-electron chi connectivity index (χ3n) is 4.02. The van der Waals surface area contributed by atoms with Gasteiger partial charge in [0.25, 0.3) is 5.91 Å². The Morgan fingerprint density at radius 3 is 2.50 bits per heavy atom. The third kappa shape index (κ3) is 4.52. The van der Waals surface area contributed by atoms with E-state index >= 15 is 0 Å². The number of carbonyl (C=O) groups is 1. The molecule has 0 atom stereocenters. The van der Waals surface area contributed by atoms with Crippen molar-refractivity contribution in [2.45, 2.75) is 38.6 Å².